The number of aryl methyl sites for hydroxylation is 1. The molecule has 156 valence electrons. The first-order valence-corrected chi connectivity index (χ1v) is 9.87. The van der Waals surface area contributed by atoms with Gasteiger partial charge in [-0.1, -0.05) is 6.07 Å². The molecule has 0 saturated heterocycles. The molecule has 0 atom stereocenters. The van der Waals surface area contributed by atoms with Crippen molar-refractivity contribution in [2.75, 3.05) is 26.1 Å². The Labute approximate surface area is 174 Å². The Kier molecular flexibility index (Phi) is 5.31. The van der Waals surface area contributed by atoms with E-state index in [4.69, 9.17) is 14.6 Å². The molecule has 2 aromatic carbocycles. The van der Waals surface area contributed by atoms with Gasteiger partial charge in [0, 0.05) is 35.9 Å². The van der Waals surface area contributed by atoms with Gasteiger partial charge in [0.1, 0.15) is 23.0 Å². The maximum atomic E-state index is 11.3. The number of hydrogen-bond acceptors (Lipinski definition) is 6. The fourth-order valence-electron chi connectivity index (χ4n) is 3.83. The van der Waals surface area contributed by atoms with Gasteiger partial charge in [0.2, 0.25) is 0 Å². The highest BCUT2D eigenvalue weighted by molar-refractivity contribution is 5.76. The first-order valence-electron chi connectivity index (χ1n) is 9.87. The van der Waals surface area contributed by atoms with Crippen LogP contribution in [0.15, 0.2) is 36.4 Å². The second kappa shape index (κ2) is 8.06. The lowest BCUT2D eigenvalue weighted by Gasteiger charge is -2.11. The van der Waals surface area contributed by atoms with E-state index in [2.05, 4.69) is 5.32 Å². The van der Waals surface area contributed by atoms with Crippen molar-refractivity contribution in [3.05, 3.63) is 57.6 Å². The SMILES string of the molecule is COc1ccc(-c2nn(-c3cc([N+](=O)[O-])ccc3C)c3c2CCCCN3)c(OC)c1. The van der Waals surface area contributed by atoms with Gasteiger partial charge in [0.25, 0.3) is 5.69 Å². The number of methoxy groups -OCH3 is 2. The van der Waals surface area contributed by atoms with Gasteiger partial charge in [0.05, 0.1) is 24.8 Å². The Morgan fingerprint density at radius 2 is 1.97 bits per heavy atom. The lowest BCUT2D eigenvalue weighted by molar-refractivity contribution is -0.384. The number of rotatable bonds is 5. The van der Waals surface area contributed by atoms with Gasteiger partial charge in [-0.15, -0.1) is 0 Å². The van der Waals surface area contributed by atoms with Gasteiger partial charge in [-0.25, -0.2) is 4.68 Å². The molecule has 0 bridgehead atoms. The monoisotopic (exact) mass is 408 g/mol. The molecule has 0 aliphatic carbocycles. The number of nitro groups is 1. The fraction of sp³-hybridized carbons (Fsp3) is 0.318. The van der Waals surface area contributed by atoms with Gasteiger partial charge in [-0.05, 0) is 43.9 Å². The minimum Gasteiger partial charge on any atom is -0.497 e. The molecule has 0 amide bonds. The molecule has 0 saturated carbocycles. The van der Waals surface area contributed by atoms with E-state index < -0.39 is 0 Å². The minimum absolute atomic E-state index is 0.0389. The molecular weight excluding hydrogens is 384 g/mol. The predicted molar refractivity (Wildman–Crippen MR) is 115 cm³/mol. The second-order valence-electron chi connectivity index (χ2n) is 7.27. The zero-order valence-electron chi connectivity index (χ0n) is 17.3. The van der Waals surface area contributed by atoms with E-state index in [1.165, 1.54) is 6.07 Å². The van der Waals surface area contributed by atoms with Crippen LogP contribution in [0.3, 0.4) is 0 Å². The van der Waals surface area contributed by atoms with E-state index in [1.54, 1.807) is 31.0 Å². The lowest BCUT2D eigenvalue weighted by Crippen LogP contribution is -2.08. The van der Waals surface area contributed by atoms with Crippen molar-refractivity contribution in [1.82, 2.24) is 9.78 Å². The molecule has 0 spiro atoms. The number of fused-ring (bicyclic) bond motifs is 1. The molecule has 0 radical (unpaired) electrons. The number of nitro benzene ring substituents is 1. The predicted octanol–water partition coefficient (Wildman–Crippen LogP) is 4.52. The molecule has 1 aliphatic rings. The summed E-state index contributed by atoms with van der Waals surface area (Å²) in [6, 6.07) is 10.5. The highest BCUT2D eigenvalue weighted by atomic mass is 16.6. The van der Waals surface area contributed by atoms with Gasteiger partial charge in [-0.2, -0.15) is 5.10 Å². The summed E-state index contributed by atoms with van der Waals surface area (Å²) in [5, 5.41) is 19.7. The summed E-state index contributed by atoms with van der Waals surface area (Å²) in [7, 11) is 3.24. The summed E-state index contributed by atoms with van der Waals surface area (Å²) >= 11 is 0. The van der Waals surface area contributed by atoms with Crippen LogP contribution in [-0.2, 0) is 6.42 Å². The van der Waals surface area contributed by atoms with E-state index in [0.717, 1.165) is 54.0 Å². The average Bonchev–Trinajstić information content (AvgIpc) is 2.93. The lowest BCUT2D eigenvalue weighted by atomic mass is 10.0. The molecular formula is C22H24N4O4. The molecule has 8 nitrogen and oxygen atoms in total. The first kappa shape index (κ1) is 19.8. The molecule has 8 heteroatoms. The van der Waals surface area contributed by atoms with Crippen molar-refractivity contribution in [1.29, 1.82) is 0 Å². The zero-order valence-corrected chi connectivity index (χ0v) is 17.3. The number of ether oxygens (including phenoxy) is 2. The van der Waals surface area contributed by atoms with Gasteiger partial charge in [0.15, 0.2) is 0 Å². The normalized spacial score (nSPS) is 13.2. The quantitative estimate of drug-likeness (QED) is 0.493. The van der Waals surface area contributed by atoms with Gasteiger partial charge >= 0.3 is 0 Å². The topological polar surface area (TPSA) is 91.5 Å². The Bertz CT molecular complexity index is 1110. The molecule has 1 N–H and O–H groups in total. The molecule has 3 aromatic rings. The van der Waals surface area contributed by atoms with Crippen molar-refractivity contribution in [2.45, 2.75) is 26.2 Å². The van der Waals surface area contributed by atoms with Crippen LogP contribution in [0.2, 0.25) is 0 Å². The van der Waals surface area contributed by atoms with E-state index >= 15 is 0 Å². The Morgan fingerprint density at radius 1 is 1.13 bits per heavy atom. The van der Waals surface area contributed by atoms with Crippen molar-refractivity contribution in [2.24, 2.45) is 0 Å². The number of benzene rings is 2. The minimum atomic E-state index is -0.383. The van der Waals surface area contributed by atoms with Crippen LogP contribution in [0.5, 0.6) is 11.5 Å². The van der Waals surface area contributed by atoms with Crippen LogP contribution in [0.4, 0.5) is 11.5 Å². The van der Waals surface area contributed by atoms with E-state index in [0.29, 0.717) is 17.2 Å². The Balaban J connectivity index is 1.95. The van der Waals surface area contributed by atoms with Crippen molar-refractivity contribution in [3.63, 3.8) is 0 Å². The van der Waals surface area contributed by atoms with Crippen molar-refractivity contribution < 1.29 is 14.4 Å². The Hall–Kier alpha value is -3.55. The Morgan fingerprint density at radius 3 is 2.70 bits per heavy atom. The number of aromatic nitrogens is 2. The maximum Gasteiger partial charge on any atom is 0.271 e. The van der Waals surface area contributed by atoms with E-state index in [1.807, 2.05) is 25.1 Å². The molecule has 1 aromatic heterocycles. The maximum absolute atomic E-state index is 11.3. The molecule has 2 heterocycles. The second-order valence-corrected chi connectivity index (χ2v) is 7.27. The molecule has 4 rings (SSSR count). The van der Waals surface area contributed by atoms with Crippen LogP contribution in [0.25, 0.3) is 16.9 Å². The molecule has 0 fully saturated rings. The summed E-state index contributed by atoms with van der Waals surface area (Å²) in [5.41, 5.74) is 4.39. The summed E-state index contributed by atoms with van der Waals surface area (Å²) in [5.74, 6) is 2.25. The third-order valence-electron chi connectivity index (χ3n) is 5.43. The van der Waals surface area contributed by atoms with Crippen molar-refractivity contribution >= 4 is 11.5 Å². The fourth-order valence-corrected chi connectivity index (χ4v) is 3.83. The third-order valence-corrected chi connectivity index (χ3v) is 5.43. The first-order chi connectivity index (χ1) is 14.5. The number of nitrogens with one attached hydrogen (secondary N) is 1. The number of non-ortho nitro benzene ring substituents is 1. The molecule has 1 aliphatic heterocycles. The molecule has 30 heavy (non-hydrogen) atoms. The largest absolute Gasteiger partial charge is 0.497 e. The average molecular weight is 408 g/mol. The third kappa shape index (κ3) is 3.45. The van der Waals surface area contributed by atoms with Gasteiger partial charge < -0.3 is 14.8 Å². The number of anilines is 1. The summed E-state index contributed by atoms with van der Waals surface area (Å²) in [6.45, 7) is 2.75. The number of nitrogens with zero attached hydrogens (tertiary/aromatic N) is 3. The van der Waals surface area contributed by atoms with E-state index in [9.17, 15) is 10.1 Å². The van der Waals surface area contributed by atoms with Crippen LogP contribution in [0, 0.1) is 17.0 Å². The van der Waals surface area contributed by atoms with E-state index in [-0.39, 0.29) is 10.6 Å². The van der Waals surface area contributed by atoms with Gasteiger partial charge in [-0.3, -0.25) is 10.1 Å². The zero-order chi connectivity index (χ0) is 21.3. The smallest absolute Gasteiger partial charge is 0.271 e. The highest BCUT2D eigenvalue weighted by Gasteiger charge is 2.25. The summed E-state index contributed by atoms with van der Waals surface area (Å²) in [4.78, 5) is 11.0. The standard InChI is InChI=1S/C22H24N4O4/c1-14-7-8-15(26(27)28)12-19(14)25-22-18(6-4-5-11-23-22)21(24-25)17-10-9-16(29-2)13-20(17)30-3/h7-10,12-13,23H,4-6,11H2,1-3H3. The molecule has 0 unspecified atom stereocenters. The number of hydrogen-bond donors (Lipinski definition) is 1. The summed E-state index contributed by atoms with van der Waals surface area (Å²) in [6.07, 6.45) is 2.94. The van der Waals surface area contributed by atoms with Crippen molar-refractivity contribution in [3.8, 4) is 28.4 Å². The van der Waals surface area contributed by atoms with Crippen LogP contribution in [0.1, 0.15) is 24.0 Å². The van der Waals surface area contributed by atoms with Crippen LogP contribution < -0.4 is 14.8 Å². The summed E-state index contributed by atoms with van der Waals surface area (Å²) < 4.78 is 12.7. The highest BCUT2D eigenvalue weighted by Crippen LogP contribution is 2.40. The van der Waals surface area contributed by atoms with Crippen LogP contribution in [-0.4, -0.2) is 35.5 Å². The van der Waals surface area contributed by atoms with Crippen LogP contribution >= 0.6 is 0 Å².